The van der Waals surface area contributed by atoms with E-state index in [-0.39, 0.29) is 11.8 Å². The molecule has 3 nitrogen and oxygen atoms in total. The van der Waals surface area contributed by atoms with Crippen molar-refractivity contribution in [2.75, 3.05) is 27.2 Å². The summed E-state index contributed by atoms with van der Waals surface area (Å²) in [5.41, 5.74) is 2.30. The van der Waals surface area contributed by atoms with E-state index in [1.54, 1.807) is 19.1 Å². The highest BCUT2D eigenvalue weighted by Crippen LogP contribution is 2.17. The van der Waals surface area contributed by atoms with Gasteiger partial charge in [-0.05, 0) is 69.3 Å². The fourth-order valence-electron chi connectivity index (χ4n) is 1.80. The number of hydrogen-bond donors (Lipinski definition) is 0. The molecule has 0 heterocycles. The number of aryl methyl sites for hydroxylation is 1. The largest absolute Gasteiger partial charge is 0.463 e. The highest BCUT2D eigenvalue weighted by Gasteiger charge is 2.07. The highest BCUT2D eigenvalue weighted by molar-refractivity contribution is 5.87. The third-order valence-electron chi connectivity index (χ3n) is 2.95. The lowest BCUT2D eigenvalue weighted by molar-refractivity contribution is -0.137. The van der Waals surface area contributed by atoms with Crippen molar-refractivity contribution in [3.63, 3.8) is 0 Å². The zero-order valence-corrected chi connectivity index (χ0v) is 12.6. The van der Waals surface area contributed by atoms with E-state index in [0.717, 1.165) is 17.7 Å². The summed E-state index contributed by atoms with van der Waals surface area (Å²) in [6.07, 6.45) is 3.69. The van der Waals surface area contributed by atoms with Gasteiger partial charge in [-0.25, -0.2) is 9.18 Å². The third-order valence-corrected chi connectivity index (χ3v) is 2.95. The predicted molar refractivity (Wildman–Crippen MR) is 79.1 cm³/mol. The molecule has 1 aromatic carbocycles. The van der Waals surface area contributed by atoms with Crippen LogP contribution in [0, 0.1) is 12.7 Å². The van der Waals surface area contributed by atoms with Gasteiger partial charge in [0, 0.05) is 12.6 Å². The van der Waals surface area contributed by atoms with Gasteiger partial charge in [-0.2, -0.15) is 0 Å². The van der Waals surface area contributed by atoms with E-state index in [1.165, 1.54) is 12.1 Å². The van der Waals surface area contributed by atoms with Gasteiger partial charge in [0.25, 0.3) is 0 Å². The van der Waals surface area contributed by atoms with E-state index in [0.29, 0.717) is 18.6 Å². The van der Waals surface area contributed by atoms with Gasteiger partial charge in [0.15, 0.2) is 0 Å². The van der Waals surface area contributed by atoms with Crippen LogP contribution in [0.1, 0.15) is 23.6 Å². The minimum Gasteiger partial charge on any atom is -0.463 e. The second-order valence-corrected chi connectivity index (χ2v) is 4.94. The van der Waals surface area contributed by atoms with Crippen molar-refractivity contribution in [1.82, 2.24) is 4.90 Å². The Balaban J connectivity index is 2.90. The highest BCUT2D eigenvalue weighted by atomic mass is 19.1. The summed E-state index contributed by atoms with van der Waals surface area (Å²) in [5.74, 6) is -0.580. The van der Waals surface area contributed by atoms with Crippen molar-refractivity contribution in [2.24, 2.45) is 0 Å². The molecule has 0 aliphatic carbocycles. The number of benzene rings is 1. The molecule has 0 atom stereocenters. The molecule has 0 fully saturated rings. The Morgan fingerprint density at radius 2 is 2.10 bits per heavy atom. The minimum absolute atomic E-state index is 0.197. The molecule has 0 spiro atoms. The van der Waals surface area contributed by atoms with Gasteiger partial charge in [0.05, 0.1) is 6.61 Å². The van der Waals surface area contributed by atoms with Gasteiger partial charge in [0.1, 0.15) is 5.82 Å². The monoisotopic (exact) mass is 279 g/mol. The molecule has 20 heavy (non-hydrogen) atoms. The second kappa shape index (κ2) is 7.80. The summed E-state index contributed by atoms with van der Waals surface area (Å²) in [6.45, 7) is 4.71. The Morgan fingerprint density at radius 1 is 1.40 bits per heavy atom. The first-order valence-electron chi connectivity index (χ1n) is 6.72. The summed E-state index contributed by atoms with van der Waals surface area (Å²) >= 11 is 0. The van der Waals surface area contributed by atoms with Crippen LogP contribution in [0.25, 0.3) is 6.08 Å². The van der Waals surface area contributed by atoms with Crippen LogP contribution in [0.4, 0.5) is 4.39 Å². The Morgan fingerprint density at radius 3 is 2.70 bits per heavy atom. The number of carbonyl (C=O) groups is 1. The van der Waals surface area contributed by atoms with Crippen LogP contribution in [0.5, 0.6) is 0 Å². The molecule has 0 bridgehead atoms. The van der Waals surface area contributed by atoms with Gasteiger partial charge in [-0.1, -0.05) is 0 Å². The number of hydrogen-bond acceptors (Lipinski definition) is 3. The lowest BCUT2D eigenvalue weighted by atomic mass is 10.0. The summed E-state index contributed by atoms with van der Waals surface area (Å²) < 4.78 is 18.7. The maximum atomic E-state index is 13.9. The second-order valence-electron chi connectivity index (χ2n) is 4.94. The average Bonchev–Trinajstić information content (AvgIpc) is 2.36. The van der Waals surface area contributed by atoms with E-state index in [1.807, 2.05) is 25.9 Å². The van der Waals surface area contributed by atoms with Crippen molar-refractivity contribution in [2.45, 2.75) is 20.3 Å². The summed E-state index contributed by atoms with van der Waals surface area (Å²) in [4.78, 5) is 13.3. The number of likely N-dealkylation sites (N-methyl/N-ethyl adjacent to an activating group) is 1. The van der Waals surface area contributed by atoms with E-state index >= 15 is 0 Å². The Hall–Kier alpha value is -1.68. The quantitative estimate of drug-likeness (QED) is 0.592. The molecular weight excluding hydrogens is 257 g/mol. The van der Waals surface area contributed by atoms with Crippen LogP contribution in [0.3, 0.4) is 0 Å². The standard InChI is InChI=1S/C16H22FNO2/c1-5-20-16(19)7-6-13-11-14(8-9-18(3)4)15(17)10-12(13)2/h6-7,10-11H,5,8-9H2,1-4H3/b7-6+. The fraction of sp³-hybridized carbons (Fsp3) is 0.438. The summed E-state index contributed by atoms with van der Waals surface area (Å²) in [6, 6.07) is 3.31. The summed E-state index contributed by atoms with van der Waals surface area (Å²) in [5, 5.41) is 0. The fourth-order valence-corrected chi connectivity index (χ4v) is 1.80. The maximum Gasteiger partial charge on any atom is 0.330 e. The molecule has 0 saturated carbocycles. The first-order valence-corrected chi connectivity index (χ1v) is 6.72. The van der Waals surface area contributed by atoms with Crippen LogP contribution < -0.4 is 0 Å². The SMILES string of the molecule is CCOC(=O)/C=C/c1cc(CCN(C)C)c(F)cc1C. The number of esters is 1. The smallest absolute Gasteiger partial charge is 0.330 e. The van der Waals surface area contributed by atoms with Crippen molar-refractivity contribution < 1.29 is 13.9 Å². The van der Waals surface area contributed by atoms with E-state index in [9.17, 15) is 9.18 Å². The maximum absolute atomic E-state index is 13.9. The van der Waals surface area contributed by atoms with Gasteiger partial charge in [0.2, 0.25) is 0 Å². The lowest BCUT2D eigenvalue weighted by Gasteiger charge is -2.11. The van der Waals surface area contributed by atoms with E-state index < -0.39 is 0 Å². The number of nitrogens with zero attached hydrogens (tertiary/aromatic N) is 1. The number of ether oxygens (including phenoxy) is 1. The molecule has 0 aromatic heterocycles. The molecule has 110 valence electrons. The topological polar surface area (TPSA) is 29.5 Å². The molecule has 0 saturated heterocycles. The molecule has 0 radical (unpaired) electrons. The van der Waals surface area contributed by atoms with Crippen molar-refractivity contribution in [3.05, 3.63) is 40.7 Å². The van der Waals surface area contributed by atoms with Crippen LogP contribution in [0.15, 0.2) is 18.2 Å². The van der Waals surface area contributed by atoms with Gasteiger partial charge >= 0.3 is 5.97 Å². The molecule has 0 N–H and O–H groups in total. The molecule has 1 aromatic rings. The first-order chi connectivity index (χ1) is 9.43. The number of carbonyl (C=O) groups excluding carboxylic acids is 1. The average molecular weight is 279 g/mol. The van der Waals surface area contributed by atoms with Crippen molar-refractivity contribution in [3.8, 4) is 0 Å². The normalized spacial score (nSPS) is 11.3. The zero-order chi connectivity index (χ0) is 15.1. The van der Waals surface area contributed by atoms with Crippen molar-refractivity contribution in [1.29, 1.82) is 0 Å². The number of rotatable bonds is 6. The molecule has 0 unspecified atom stereocenters. The zero-order valence-electron chi connectivity index (χ0n) is 12.6. The van der Waals surface area contributed by atoms with Crippen LogP contribution in [-0.4, -0.2) is 38.1 Å². The summed E-state index contributed by atoms with van der Waals surface area (Å²) in [7, 11) is 3.90. The Labute approximate surface area is 120 Å². The van der Waals surface area contributed by atoms with E-state index in [4.69, 9.17) is 4.74 Å². The minimum atomic E-state index is -0.383. The molecule has 0 aliphatic heterocycles. The van der Waals surface area contributed by atoms with Crippen LogP contribution >= 0.6 is 0 Å². The van der Waals surface area contributed by atoms with Gasteiger partial charge in [-0.15, -0.1) is 0 Å². The predicted octanol–water partition coefficient (Wildman–Crippen LogP) is 2.81. The van der Waals surface area contributed by atoms with Crippen molar-refractivity contribution >= 4 is 12.0 Å². The van der Waals surface area contributed by atoms with Crippen LogP contribution in [0.2, 0.25) is 0 Å². The van der Waals surface area contributed by atoms with Gasteiger partial charge in [-0.3, -0.25) is 0 Å². The molecular formula is C16H22FNO2. The van der Waals surface area contributed by atoms with Gasteiger partial charge < -0.3 is 9.64 Å². The molecule has 0 amide bonds. The first kappa shape index (κ1) is 16.4. The Kier molecular flexibility index (Phi) is 6.39. The molecule has 0 aliphatic rings. The Bertz CT molecular complexity index is 495. The van der Waals surface area contributed by atoms with Crippen LogP contribution in [-0.2, 0) is 16.0 Å². The third kappa shape index (κ3) is 5.13. The molecule has 1 rings (SSSR count). The van der Waals surface area contributed by atoms with E-state index in [2.05, 4.69) is 0 Å². The molecule has 4 heteroatoms. The lowest BCUT2D eigenvalue weighted by Crippen LogP contribution is -2.15. The number of halogens is 1.